The number of aromatic nitrogens is 2. The predicted octanol–water partition coefficient (Wildman–Crippen LogP) is 2.10. The minimum absolute atomic E-state index is 0.108. The number of nitrogens with one attached hydrogen (secondary N) is 1. The lowest BCUT2D eigenvalue weighted by Crippen LogP contribution is -2.40. The molecule has 2 aliphatic heterocycles. The Hall–Kier alpha value is -1.77. The molecule has 4 heterocycles. The number of anilines is 1. The van der Waals surface area contributed by atoms with Gasteiger partial charge in [0.05, 0.1) is 25.1 Å². The second-order valence-electron chi connectivity index (χ2n) is 7.69. The van der Waals surface area contributed by atoms with Crippen LogP contribution in [0, 0.1) is 19.8 Å². The van der Waals surface area contributed by atoms with Crippen molar-refractivity contribution in [3.8, 4) is 0 Å². The number of ether oxygens (including phenoxy) is 1. The lowest BCUT2D eigenvalue weighted by atomic mass is 9.96. The van der Waals surface area contributed by atoms with Gasteiger partial charge in [-0.2, -0.15) is 0 Å². The number of morpholine rings is 1. The summed E-state index contributed by atoms with van der Waals surface area (Å²) >= 11 is 1.76. The third kappa shape index (κ3) is 3.86. The molecule has 0 aromatic carbocycles. The number of rotatable bonds is 4. The maximum Gasteiger partial charge on any atom is 0.222 e. The van der Waals surface area contributed by atoms with Crippen LogP contribution < -0.4 is 10.2 Å². The van der Waals surface area contributed by atoms with Gasteiger partial charge < -0.3 is 15.0 Å². The minimum atomic E-state index is 0.108. The molecule has 28 heavy (non-hydrogen) atoms. The van der Waals surface area contributed by atoms with Gasteiger partial charge in [0.25, 0.3) is 0 Å². The molecule has 0 bridgehead atoms. The topological polar surface area (TPSA) is 70.6 Å². The summed E-state index contributed by atoms with van der Waals surface area (Å²) in [7, 11) is 1.72. The van der Waals surface area contributed by atoms with Gasteiger partial charge in [0.1, 0.15) is 16.5 Å². The first-order chi connectivity index (χ1) is 13.6. The number of amides is 1. The summed E-state index contributed by atoms with van der Waals surface area (Å²) in [5, 5.41) is 3.98. The van der Waals surface area contributed by atoms with Crippen molar-refractivity contribution in [2.24, 2.45) is 5.92 Å². The van der Waals surface area contributed by atoms with E-state index in [2.05, 4.69) is 29.0 Å². The maximum absolute atomic E-state index is 12.0. The van der Waals surface area contributed by atoms with Crippen molar-refractivity contribution >= 4 is 33.3 Å². The Balaban J connectivity index is 1.63. The number of thiophene rings is 1. The van der Waals surface area contributed by atoms with Crippen LogP contribution in [0.1, 0.15) is 29.1 Å². The van der Waals surface area contributed by atoms with E-state index in [1.54, 1.807) is 18.4 Å². The molecule has 0 aliphatic carbocycles. The molecule has 0 spiro atoms. The fraction of sp³-hybridized carbons (Fsp3) is 0.650. The Morgan fingerprint density at radius 3 is 2.57 bits per heavy atom. The van der Waals surface area contributed by atoms with E-state index < -0.39 is 0 Å². The third-order valence-corrected chi connectivity index (χ3v) is 7.04. The maximum atomic E-state index is 12.0. The average Bonchev–Trinajstić information content (AvgIpc) is 3.01. The first-order valence-electron chi connectivity index (χ1n) is 10.1. The van der Waals surface area contributed by atoms with E-state index in [-0.39, 0.29) is 11.8 Å². The highest BCUT2D eigenvalue weighted by Crippen LogP contribution is 2.36. The van der Waals surface area contributed by atoms with E-state index in [1.807, 2.05) is 0 Å². The number of piperidine rings is 1. The molecule has 0 unspecified atom stereocenters. The SMILES string of the molecule is CNC(=O)C1CCN(c2nc(CN3CCOCC3)nc3sc(C)c(C)c23)CC1. The number of carbonyl (C=O) groups is 1. The summed E-state index contributed by atoms with van der Waals surface area (Å²) < 4.78 is 5.46. The first kappa shape index (κ1) is 19.5. The number of hydrogen-bond donors (Lipinski definition) is 1. The molecule has 2 aliphatic rings. The fourth-order valence-electron chi connectivity index (χ4n) is 4.09. The highest BCUT2D eigenvalue weighted by Gasteiger charge is 2.27. The van der Waals surface area contributed by atoms with Gasteiger partial charge in [0.15, 0.2) is 0 Å². The normalized spacial score (nSPS) is 19.3. The largest absolute Gasteiger partial charge is 0.379 e. The van der Waals surface area contributed by atoms with Gasteiger partial charge in [-0.05, 0) is 32.3 Å². The minimum Gasteiger partial charge on any atom is -0.379 e. The highest BCUT2D eigenvalue weighted by molar-refractivity contribution is 7.18. The first-order valence-corrected chi connectivity index (χ1v) is 10.9. The molecule has 152 valence electrons. The molecule has 4 rings (SSSR count). The van der Waals surface area contributed by atoms with E-state index in [0.717, 1.165) is 75.3 Å². The molecule has 1 N–H and O–H groups in total. The van der Waals surface area contributed by atoms with Crippen molar-refractivity contribution in [2.75, 3.05) is 51.3 Å². The van der Waals surface area contributed by atoms with Crippen molar-refractivity contribution < 1.29 is 9.53 Å². The molecule has 7 nitrogen and oxygen atoms in total. The van der Waals surface area contributed by atoms with Crippen molar-refractivity contribution in [3.05, 3.63) is 16.3 Å². The third-order valence-electron chi connectivity index (χ3n) is 5.94. The Labute approximate surface area is 170 Å². The Morgan fingerprint density at radius 2 is 1.89 bits per heavy atom. The van der Waals surface area contributed by atoms with Gasteiger partial charge in [-0.1, -0.05) is 0 Å². The van der Waals surface area contributed by atoms with Crippen LogP contribution in [-0.2, 0) is 16.1 Å². The predicted molar refractivity (Wildman–Crippen MR) is 112 cm³/mol. The van der Waals surface area contributed by atoms with Crippen molar-refractivity contribution in [3.63, 3.8) is 0 Å². The van der Waals surface area contributed by atoms with Gasteiger partial charge in [-0.15, -0.1) is 11.3 Å². The van der Waals surface area contributed by atoms with Gasteiger partial charge in [-0.25, -0.2) is 9.97 Å². The second kappa shape index (κ2) is 8.31. The zero-order valence-electron chi connectivity index (χ0n) is 17.0. The second-order valence-corrected chi connectivity index (χ2v) is 8.89. The molecular formula is C20H29N5O2S. The van der Waals surface area contributed by atoms with Crippen LogP contribution in [0.3, 0.4) is 0 Å². The van der Waals surface area contributed by atoms with Crippen molar-refractivity contribution in [2.45, 2.75) is 33.2 Å². The monoisotopic (exact) mass is 403 g/mol. The van der Waals surface area contributed by atoms with Crippen LogP contribution in [0.5, 0.6) is 0 Å². The van der Waals surface area contributed by atoms with Crippen LogP contribution in [0.15, 0.2) is 0 Å². The lowest BCUT2D eigenvalue weighted by molar-refractivity contribution is -0.125. The average molecular weight is 404 g/mol. The fourth-order valence-corrected chi connectivity index (χ4v) is 5.13. The highest BCUT2D eigenvalue weighted by atomic mass is 32.1. The number of carbonyl (C=O) groups excluding carboxylic acids is 1. The van der Waals surface area contributed by atoms with Crippen LogP contribution in [-0.4, -0.2) is 67.2 Å². The van der Waals surface area contributed by atoms with Crippen LogP contribution in [0.2, 0.25) is 0 Å². The lowest BCUT2D eigenvalue weighted by Gasteiger charge is -2.33. The Kier molecular flexibility index (Phi) is 5.80. The molecular weight excluding hydrogens is 374 g/mol. The molecule has 0 saturated carbocycles. The number of nitrogens with zero attached hydrogens (tertiary/aromatic N) is 4. The summed E-state index contributed by atoms with van der Waals surface area (Å²) in [6.45, 7) is 10.2. The molecule has 0 radical (unpaired) electrons. The quantitative estimate of drug-likeness (QED) is 0.843. The number of fused-ring (bicyclic) bond motifs is 1. The summed E-state index contributed by atoms with van der Waals surface area (Å²) in [5.74, 6) is 2.20. The smallest absolute Gasteiger partial charge is 0.222 e. The van der Waals surface area contributed by atoms with Crippen LogP contribution in [0.4, 0.5) is 5.82 Å². The Bertz CT molecular complexity index is 854. The standard InChI is InChI=1S/C20H29N5O2S/c1-13-14(2)28-20-17(13)18(25-6-4-15(5-7-25)19(26)21-3)22-16(23-20)12-24-8-10-27-11-9-24/h15H,4-12H2,1-3H3,(H,21,26). The molecule has 1 amide bonds. The van der Waals surface area contributed by atoms with Gasteiger partial charge in [0.2, 0.25) is 5.91 Å². The zero-order chi connectivity index (χ0) is 19.7. The Morgan fingerprint density at radius 1 is 1.18 bits per heavy atom. The molecule has 2 saturated heterocycles. The van der Waals surface area contributed by atoms with Gasteiger partial charge >= 0.3 is 0 Å². The zero-order valence-corrected chi connectivity index (χ0v) is 17.8. The molecule has 8 heteroatoms. The van der Waals surface area contributed by atoms with Crippen molar-refractivity contribution in [1.29, 1.82) is 0 Å². The number of hydrogen-bond acceptors (Lipinski definition) is 7. The summed E-state index contributed by atoms with van der Waals surface area (Å²) in [6.07, 6.45) is 1.73. The van der Waals surface area contributed by atoms with E-state index in [1.165, 1.54) is 15.8 Å². The summed E-state index contributed by atoms with van der Waals surface area (Å²) in [5.41, 5.74) is 1.28. The van der Waals surface area contributed by atoms with E-state index in [9.17, 15) is 4.79 Å². The van der Waals surface area contributed by atoms with Crippen LogP contribution >= 0.6 is 11.3 Å². The van der Waals surface area contributed by atoms with E-state index >= 15 is 0 Å². The van der Waals surface area contributed by atoms with Crippen molar-refractivity contribution in [1.82, 2.24) is 20.2 Å². The summed E-state index contributed by atoms with van der Waals surface area (Å²) in [6, 6.07) is 0. The van der Waals surface area contributed by atoms with Crippen LogP contribution in [0.25, 0.3) is 10.2 Å². The summed E-state index contributed by atoms with van der Waals surface area (Å²) in [4.78, 5) is 29.0. The van der Waals surface area contributed by atoms with Gasteiger partial charge in [0, 0.05) is 44.0 Å². The molecule has 2 aromatic rings. The van der Waals surface area contributed by atoms with E-state index in [0.29, 0.717) is 0 Å². The molecule has 2 fully saturated rings. The molecule has 0 atom stereocenters. The number of aryl methyl sites for hydroxylation is 2. The molecule has 2 aromatic heterocycles. The van der Waals surface area contributed by atoms with E-state index in [4.69, 9.17) is 14.7 Å². The van der Waals surface area contributed by atoms with Gasteiger partial charge in [-0.3, -0.25) is 9.69 Å².